The number of carbonyl (C=O) groups excluding carboxylic acids is 2. The monoisotopic (exact) mass is 424 g/mol. The van der Waals surface area contributed by atoms with Gasteiger partial charge < -0.3 is 5.32 Å². The van der Waals surface area contributed by atoms with Crippen molar-refractivity contribution in [3.05, 3.63) is 47.6 Å². The second kappa shape index (κ2) is 8.89. The van der Waals surface area contributed by atoms with Crippen LogP contribution in [0, 0.1) is 29.6 Å². The Bertz CT molecular complexity index is 930. The van der Waals surface area contributed by atoms with Crippen molar-refractivity contribution in [2.75, 3.05) is 5.32 Å². The summed E-state index contributed by atoms with van der Waals surface area (Å²) >= 11 is 6.37. The van der Waals surface area contributed by atoms with E-state index in [4.69, 9.17) is 11.6 Å². The third kappa shape index (κ3) is 4.29. The van der Waals surface area contributed by atoms with Crippen molar-refractivity contribution in [3.63, 3.8) is 0 Å². The SMILES string of the molecule is C[C@@H]1CC[C@@H]([C@@H](C)C(=O)Nc2ccc(Cl)c(-c3ccccn3)c2)[C@H]2CC(=O)CC[C@H]21. The molecule has 2 fully saturated rings. The van der Waals surface area contributed by atoms with Gasteiger partial charge in [-0.2, -0.15) is 0 Å². The lowest BCUT2D eigenvalue weighted by Gasteiger charge is -2.46. The number of hydrogen-bond acceptors (Lipinski definition) is 3. The van der Waals surface area contributed by atoms with Crippen molar-refractivity contribution in [1.29, 1.82) is 0 Å². The molecule has 30 heavy (non-hydrogen) atoms. The summed E-state index contributed by atoms with van der Waals surface area (Å²) < 4.78 is 0. The number of anilines is 1. The van der Waals surface area contributed by atoms with Gasteiger partial charge in [-0.3, -0.25) is 14.6 Å². The molecule has 5 atom stereocenters. The van der Waals surface area contributed by atoms with Gasteiger partial charge in [0.05, 0.1) is 10.7 Å². The predicted molar refractivity (Wildman–Crippen MR) is 120 cm³/mol. The molecule has 2 aliphatic carbocycles. The highest BCUT2D eigenvalue weighted by Crippen LogP contribution is 2.48. The number of hydrogen-bond donors (Lipinski definition) is 1. The number of pyridine rings is 1. The summed E-state index contributed by atoms with van der Waals surface area (Å²) in [4.78, 5) is 29.6. The van der Waals surface area contributed by atoms with Crippen LogP contribution in [0.4, 0.5) is 5.69 Å². The van der Waals surface area contributed by atoms with Crippen LogP contribution in [0.1, 0.15) is 46.0 Å². The predicted octanol–water partition coefficient (Wildman–Crippen LogP) is 6.01. The first-order valence-electron chi connectivity index (χ1n) is 11.0. The molecule has 0 spiro atoms. The van der Waals surface area contributed by atoms with E-state index in [0.717, 1.165) is 36.2 Å². The molecule has 4 nitrogen and oxygen atoms in total. The zero-order valence-electron chi connectivity index (χ0n) is 17.6. The molecule has 2 saturated carbocycles. The molecule has 0 bridgehead atoms. The normalized spacial score (nSPS) is 27.2. The van der Waals surface area contributed by atoms with E-state index >= 15 is 0 Å². The molecule has 5 heteroatoms. The van der Waals surface area contributed by atoms with Crippen LogP contribution in [0.3, 0.4) is 0 Å². The number of amides is 1. The summed E-state index contributed by atoms with van der Waals surface area (Å²) in [5, 5.41) is 3.69. The summed E-state index contributed by atoms with van der Waals surface area (Å²) in [6.07, 6.45) is 6.22. The van der Waals surface area contributed by atoms with Crippen molar-refractivity contribution in [3.8, 4) is 11.3 Å². The Balaban J connectivity index is 1.50. The van der Waals surface area contributed by atoms with Crippen LogP contribution in [0.25, 0.3) is 11.3 Å². The van der Waals surface area contributed by atoms with Crippen LogP contribution >= 0.6 is 11.6 Å². The summed E-state index contributed by atoms with van der Waals surface area (Å²) in [7, 11) is 0. The molecule has 2 aliphatic rings. The van der Waals surface area contributed by atoms with Crippen LogP contribution in [-0.4, -0.2) is 16.7 Å². The molecule has 1 aromatic carbocycles. The van der Waals surface area contributed by atoms with Crippen LogP contribution < -0.4 is 5.32 Å². The number of Topliss-reactive ketones (excluding diaryl/α,β-unsaturated/α-hetero) is 1. The summed E-state index contributed by atoms with van der Waals surface area (Å²) in [5.74, 6) is 2.06. The maximum absolute atomic E-state index is 13.1. The minimum absolute atomic E-state index is 0.0145. The first-order valence-corrected chi connectivity index (χ1v) is 11.4. The summed E-state index contributed by atoms with van der Waals surface area (Å²) in [5.41, 5.74) is 2.29. The number of halogens is 1. The number of aromatic nitrogens is 1. The molecule has 0 radical (unpaired) electrons. The molecule has 1 amide bonds. The van der Waals surface area contributed by atoms with Gasteiger partial charge in [-0.15, -0.1) is 0 Å². The minimum atomic E-state index is -0.134. The average Bonchev–Trinajstić information content (AvgIpc) is 2.75. The Morgan fingerprint density at radius 2 is 2.00 bits per heavy atom. The van der Waals surface area contributed by atoms with Crippen LogP contribution in [0.2, 0.25) is 5.02 Å². The highest BCUT2D eigenvalue weighted by Gasteiger charge is 2.44. The maximum Gasteiger partial charge on any atom is 0.227 e. The van der Waals surface area contributed by atoms with Gasteiger partial charge in [-0.1, -0.05) is 37.9 Å². The van der Waals surface area contributed by atoms with Crippen molar-refractivity contribution in [2.45, 2.75) is 46.0 Å². The Hall–Kier alpha value is -2.20. The van der Waals surface area contributed by atoms with Crippen LogP contribution in [0.15, 0.2) is 42.6 Å². The topological polar surface area (TPSA) is 59.1 Å². The molecular formula is C25H29ClN2O2. The van der Waals surface area contributed by atoms with Crippen molar-refractivity contribution in [1.82, 2.24) is 4.98 Å². The number of ketones is 1. The van der Waals surface area contributed by atoms with Crippen LogP contribution in [-0.2, 0) is 9.59 Å². The fraction of sp³-hybridized carbons (Fsp3) is 0.480. The number of benzene rings is 1. The van der Waals surface area contributed by atoms with Crippen molar-refractivity contribution < 1.29 is 9.59 Å². The smallest absolute Gasteiger partial charge is 0.227 e. The standard InChI is InChI=1S/C25H29ClN2O2/c1-15-6-9-20(21-14-18(29)8-10-19(15)21)16(2)25(30)28-17-7-11-23(26)22(13-17)24-5-3-4-12-27-24/h3-5,7,11-13,15-16,19-21H,6,8-10,14H2,1-2H3,(H,28,30)/t15-,16-,19+,20+,21+/m1/s1. The van der Waals surface area contributed by atoms with Crippen molar-refractivity contribution >= 4 is 29.0 Å². The van der Waals surface area contributed by atoms with Crippen LogP contribution in [0.5, 0.6) is 0 Å². The minimum Gasteiger partial charge on any atom is -0.326 e. The Morgan fingerprint density at radius 3 is 2.77 bits per heavy atom. The number of rotatable bonds is 4. The zero-order chi connectivity index (χ0) is 21.3. The second-order valence-electron chi connectivity index (χ2n) is 9.02. The molecule has 4 rings (SSSR count). The van der Waals surface area contributed by atoms with Gasteiger partial charge in [-0.25, -0.2) is 0 Å². The van der Waals surface area contributed by atoms with Gasteiger partial charge in [0.1, 0.15) is 5.78 Å². The van der Waals surface area contributed by atoms with Gasteiger partial charge in [0, 0.05) is 36.2 Å². The van der Waals surface area contributed by atoms with Gasteiger partial charge in [0.15, 0.2) is 0 Å². The maximum atomic E-state index is 13.1. The summed E-state index contributed by atoms with van der Waals surface area (Å²) in [6.45, 7) is 4.32. The molecule has 1 aromatic heterocycles. The van der Waals surface area contributed by atoms with E-state index in [9.17, 15) is 9.59 Å². The molecular weight excluding hydrogens is 396 g/mol. The molecule has 0 saturated heterocycles. The molecule has 0 unspecified atom stereocenters. The lowest BCUT2D eigenvalue weighted by Crippen LogP contribution is -2.43. The van der Waals surface area contributed by atoms with E-state index in [-0.39, 0.29) is 17.7 Å². The number of nitrogens with zero attached hydrogens (tertiary/aromatic N) is 1. The van der Waals surface area contributed by atoms with E-state index in [1.54, 1.807) is 12.3 Å². The number of fused-ring (bicyclic) bond motifs is 1. The Kier molecular flexibility index (Phi) is 6.24. The van der Waals surface area contributed by atoms with E-state index in [2.05, 4.69) is 17.2 Å². The van der Waals surface area contributed by atoms with Crippen molar-refractivity contribution in [2.24, 2.45) is 29.6 Å². The highest BCUT2D eigenvalue weighted by molar-refractivity contribution is 6.33. The van der Waals surface area contributed by atoms with Gasteiger partial charge in [-0.05, 0) is 66.8 Å². The molecule has 2 aromatic rings. The van der Waals surface area contributed by atoms with Gasteiger partial charge in [0.2, 0.25) is 5.91 Å². The third-order valence-corrected chi connectivity index (χ3v) is 7.57. The fourth-order valence-electron chi connectivity index (χ4n) is 5.51. The average molecular weight is 425 g/mol. The van der Waals surface area contributed by atoms with Gasteiger partial charge in [0.25, 0.3) is 0 Å². The largest absolute Gasteiger partial charge is 0.326 e. The number of carbonyl (C=O) groups is 2. The zero-order valence-corrected chi connectivity index (χ0v) is 18.4. The summed E-state index contributed by atoms with van der Waals surface area (Å²) in [6, 6.07) is 11.2. The Labute approximate surface area is 183 Å². The van der Waals surface area contributed by atoms with E-state index in [1.165, 1.54) is 0 Å². The third-order valence-electron chi connectivity index (χ3n) is 7.24. The lowest BCUT2D eigenvalue weighted by molar-refractivity contribution is -0.130. The second-order valence-corrected chi connectivity index (χ2v) is 9.42. The van der Waals surface area contributed by atoms with Gasteiger partial charge >= 0.3 is 0 Å². The first kappa shape index (κ1) is 21.0. The molecule has 158 valence electrons. The molecule has 0 aliphatic heterocycles. The molecule has 1 N–H and O–H groups in total. The highest BCUT2D eigenvalue weighted by atomic mass is 35.5. The van der Waals surface area contributed by atoms with E-state index in [1.807, 2.05) is 37.3 Å². The lowest BCUT2D eigenvalue weighted by atomic mass is 9.58. The first-order chi connectivity index (χ1) is 14.4. The van der Waals surface area contributed by atoms with E-state index < -0.39 is 0 Å². The Morgan fingerprint density at radius 1 is 1.17 bits per heavy atom. The fourth-order valence-corrected chi connectivity index (χ4v) is 5.72. The quantitative estimate of drug-likeness (QED) is 0.653. The number of nitrogens with one attached hydrogen (secondary N) is 1. The molecule has 1 heterocycles. The van der Waals surface area contributed by atoms with E-state index in [0.29, 0.717) is 41.4 Å².